The molecule has 0 fully saturated rings. The van der Waals surface area contributed by atoms with Crippen LogP contribution in [0.15, 0.2) is 35.9 Å². The molecule has 0 spiro atoms. The summed E-state index contributed by atoms with van der Waals surface area (Å²) >= 11 is 0. The number of Topliss-reactive ketones (excluding diaryl/α,β-unsaturated/α-hetero) is 1. The molecule has 1 atom stereocenters. The summed E-state index contributed by atoms with van der Waals surface area (Å²) in [6.07, 6.45) is 1.53. The van der Waals surface area contributed by atoms with Crippen molar-refractivity contribution in [1.29, 1.82) is 0 Å². The monoisotopic (exact) mass is 356 g/mol. The molecular weight excluding hydrogens is 336 g/mol. The van der Waals surface area contributed by atoms with Crippen LogP contribution in [0.2, 0.25) is 0 Å². The molecule has 0 amide bonds. The van der Waals surface area contributed by atoms with E-state index in [-0.39, 0.29) is 46.5 Å². The SMILES string of the molecule is CC(C)=CCc1c([C@H]2CC(=O)c3c(O)cc(O)cc3O2)ccc(O)c1O. The zero-order valence-corrected chi connectivity index (χ0v) is 14.5. The number of hydrogen-bond acceptors (Lipinski definition) is 6. The number of hydrogen-bond donors (Lipinski definition) is 4. The molecule has 2 aromatic carbocycles. The van der Waals surface area contributed by atoms with Crippen molar-refractivity contribution in [2.45, 2.75) is 32.8 Å². The quantitative estimate of drug-likeness (QED) is 0.493. The summed E-state index contributed by atoms with van der Waals surface area (Å²) < 4.78 is 5.84. The first-order valence-electron chi connectivity index (χ1n) is 8.20. The third-order valence-electron chi connectivity index (χ3n) is 4.34. The van der Waals surface area contributed by atoms with Gasteiger partial charge < -0.3 is 25.2 Å². The molecule has 0 bridgehead atoms. The number of phenols is 4. The van der Waals surface area contributed by atoms with Crippen LogP contribution in [-0.4, -0.2) is 26.2 Å². The summed E-state index contributed by atoms with van der Waals surface area (Å²) in [5, 5.41) is 39.7. The summed E-state index contributed by atoms with van der Waals surface area (Å²) in [4.78, 5) is 12.5. The number of allylic oxidation sites excluding steroid dienone is 2. The van der Waals surface area contributed by atoms with E-state index < -0.39 is 6.10 Å². The van der Waals surface area contributed by atoms with Gasteiger partial charge in [0.05, 0.1) is 6.42 Å². The Hall–Kier alpha value is -3.15. The summed E-state index contributed by atoms with van der Waals surface area (Å²) in [6, 6.07) is 5.32. The van der Waals surface area contributed by atoms with Crippen LogP contribution in [0, 0.1) is 0 Å². The van der Waals surface area contributed by atoms with Crippen molar-refractivity contribution >= 4 is 5.78 Å². The fourth-order valence-corrected chi connectivity index (χ4v) is 3.06. The molecule has 0 unspecified atom stereocenters. The van der Waals surface area contributed by atoms with Crippen LogP contribution in [0.1, 0.15) is 47.9 Å². The average molecular weight is 356 g/mol. The lowest BCUT2D eigenvalue weighted by Crippen LogP contribution is -2.21. The van der Waals surface area contributed by atoms with Crippen LogP contribution in [0.25, 0.3) is 0 Å². The molecule has 3 rings (SSSR count). The van der Waals surface area contributed by atoms with Gasteiger partial charge in [0, 0.05) is 23.3 Å². The summed E-state index contributed by atoms with van der Waals surface area (Å²) in [6.45, 7) is 3.84. The molecule has 1 heterocycles. The number of phenolic OH excluding ortho intramolecular Hbond substituents is 4. The van der Waals surface area contributed by atoms with Gasteiger partial charge in [0.2, 0.25) is 0 Å². The van der Waals surface area contributed by atoms with E-state index in [0.29, 0.717) is 17.5 Å². The van der Waals surface area contributed by atoms with E-state index in [1.165, 1.54) is 12.1 Å². The van der Waals surface area contributed by atoms with Gasteiger partial charge in [0.15, 0.2) is 17.3 Å². The number of fused-ring (bicyclic) bond motifs is 1. The van der Waals surface area contributed by atoms with Gasteiger partial charge in [-0.05, 0) is 26.3 Å². The first-order chi connectivity index (χ1) is 12.3. The number of carbonyl (C=O) groups is 1. The smallest absolute Gasteiger partial charge is 0.174 e. The number of ketones is 1. The minimum absolute atomic E-state index is 0.0304. The molecule has 26 heavy (non-hydrogen) atoms. The predicted molar refractivity (Wildman–Crippen MR) is 95.0 cm³/mol. The number of aromatic hydroxyl groups is 4. The molecule has 0 aromatic heterocycles. The Balaban J connectivity index is 2.06. The molecule has 4 N–H and O–H groups in total. The molecule has 0 saturated carbocycles. The maximum absolute atomic E-state index is 12.5. The van der Waals surface area contributed by atoms with Crippen molar-refractivity contribution < 1.29 is 30.0 Å². The van der Waals surface area contributed by atoms with Crippen LogP contribution >= 0.6 is 0 Å². The molecule has 2 aromatic rings. The Bertz CT molecular complexity index is 909. The Labute approximate surface area is 150 Å². The second kappa shape index (κ2) is 6.63. The van der Waals surface area contributed by atoms with Gasteiger partial charge in [0.1, 0.15) is 28.9 Å². The molecular formula is C20H20O6. The first kappa shape index (κ1) is 17.7. The zero-order chi connectivity index (χ0) is 19.0. The molecule has 136 valence electrons. The zero-order valence-electron chi connectivity index (χ0n) is 14.5. The van der Waals surface area contributed by atoms with Crippen molar-refractivity contribution in [1.82, 2.24) is 0 Å². The molecule has 1 aliphatic rings. The maximum Gasteiger partial charge on any atom is 0.174 e. The van der Waals surface area contributed by atoms with E-state index in [1.54, 1.807) is 6.07 Å². The average Bonchev–Trinajstić information content (AvgIpc) is 2.54. The summed E-state index contributed by atoms with van der Waals surface area (Å²) in [7, 11) is 0. The van der Waals surface area contributed by atoms with Crippen molar-refractivity contribution in [3.8, 4) is 28.7 Å². The normalized spacial score (nSPS) is 15.9. The molecule has 1 aliphatic heterocycles. The fourth-order valence-electron chi connectivity index (χ4n) is 3.06. The van der Waals surface area contributed by atoms with Gasteiger partial charge in [0.25, 0.3) is 0 Å². The molecule has 0 radical (unpaired) electrons. The van der Waals surface area contributed by atoms with Crippen LogP contribution in [0.5, 0.6) is 28.7 Å². The van der Waals surface area contributed by atoms with E-state index in [2.05, 4.69) is 0 Å². The van der Waals surface area contributed by atoms with Crippen LogP contribution in [-0.2, 0) is 6.42 Å². The van der Waals surface area contributed by atoms with Crippen molar-refractivity contribution in [2.24, 2.45) is 0 Å². The third-order valence-corrected chi connectivity index (χ3v) is 4.34. The van der Waals surface area contributed by atoms with Crippen molar-refractivity contribution in [2.75, 3.05) is 0 Å². The number of ether oxygens (including phenoxy) is 1. The minimum atomic E-state index is -0.705. The van der Waals surface area contributed by atoms with Crippen molar-refractivity contribution in [3.63, 3.8) is 0 Å². The lowest BCUT2D eigenvalue weighted by Gasteiger charge is -2.28. The number of rotatable bonds is 3. The molecule has 6 heteroatoms. The number of carbonyl (C=O) groups excluding carboxylic acids is 1. The Morgan fingerprint density at radius 3 is 2.58 bits per heavy atom. The topological polar surface area (TPSA) is 107 Å². The van der Waals surface area contributed by atoms with E-state index in [9.17, 15) is 25.2 Å². The second-order valence-electron chi connectivity index (χ2n) is 6.56. The Kier molecular flexibility index (Phi) is 4.50. The van der Waals surface area contributed by atoms with E-state index in [1.807, 2.05) is 19.9 Å². The summed E-state index contributed by atoms with van der Waals surface area (Å²) in [5.41, 5.74) is 2.11. The largest absolute Gasteiger partial charge is 0.508 e. The van der Waals surface area contributed by atoms with Gasteiger partial charge in [-0.15, -0.1) is 0 Å². The van der Waals surface area contributed by atoms with Gasteiger partial charge >= 0.3 is 0 Å². The highest BCUT2D eigenvalue weighted by Gasteiger charge is 2.32. The van der Waals surface area contributed by atoms with Crippen LogP contribution in [0.4, 0.5) is 0 Å². The van der Waals surface area contributed by atoms with Crippen LogP contribution < -0.4 is 4.74 Å². The Morgan fingerprint density at radius 2 is 1.88 bits per heavy atom. The van der Waals surface area contributed by atoms with Crippen LogP contribution in [0.3, 0.4) is 0 Å². The van der Waals surface area contributed by atoms with Crippen molar-refractivity contribution in [3.05, 3.63) is 52.6 Å². The first-order valence-corrected chi connectivity index (χ1v) is 8.20. The highest BCUT2D eigenvalue weighted by Crippen LogP contribution is 2.44. The highest BCUT2D eigenvalue weighted by molar-refractivity contribution is 6.02. The lowest BCUT2D eigenvalue weighted by atomic mass is 9.91. The fraction of sp³-hybridized carbons (Fsp3) is 0.250. The standard InChI is InChI=1S/C20H20O6/c1-10(2)3-4-13-12(5-6-14(22)20(13)25)17-9-16(24)19-15(23)7-11(21)8-18(19)26-17/h3,5-8,17,21-23,25H,4,9H2,1-2H3/t17-/m1/s1. The number of benzene rings is 2. The van der Waals surface area contributed by atoms with Gasteiger partial charge in [-0.25, -0.2) is 0 Å². The Morgan fingerprint density at radius 1 is 1.15 bits per heavy atom. The summed E-state index contributed by atoms with van der Waals surface area (Å²) in [5.74, 6) is -1.28. The van der Waals surface area contributed by atoms with E-state index in [0.717, 1.165) is 11.6 Å². The van der Waals surface area contributed by atoms with Gasteiger partial charge in [-0.2, -0.15) is 0 Å². The maximum atomic E-state index is 12.5. The highest BCUT2D eigenvalue weighted by atomic mass is 16.5. The third kappa shape index (κ3) is 3.18. The molecule has 0 aliphatic carbocycles. The second-order valence-corrected chi connectivity index (χ2v) is 6.56. The molecule has 6 nitrogen and oxygen atoms in total. The lowest BCUT2D eigenvalue weighted by molar-refractivity contribution is 0.0843. The van der Waals surface area contributed by atoms with E-state index in [4.69, 9.17) is 4.74 Å². The van der Waals surface area contributed by atoms with Gasteiger partial charge in [-0.3, -0.25) is 4.79 Å². The molecule has 0 saturated heterocycles. The van der Waals surface area contributed by atoms with Gasteiger partial charge in [-0.1, -0.05) is 17.7 Å². The van der Waals surface area contributed by atoms with E-state index >= 15 is 0 Å². The minimum Gasteiger partial charge on any atom is -0.508 e. The predicted octanol–water partition coefficient (Wildman–Crippen LogP) is 3.72.